The number of aromatic nitrogens is 1. The van der Waals surface area contributed by atoms with Gasteiger partial charge in [0.25, 0.3) is 5.91 Å². The highest BCUT2D eigenvalue weighted by atomic mass is 16.1. The molecule has 4 nitrogen and oxygen atoms in total. The second-order valence-corrected chi connectivity index (χ2v) is 6.04. The molecule has 1 N–H and O–H groups in total. The van der Waals surface area contributed by atoms with Crippen LogP contribution in [0.5, 0.6) is 0 Å². The zero-order valence-corrected chi connectivity index (χ0v) is 13.5. The van der Waals surface area contributed by atoms with Gasteiger partial charge in [-0.15, -0.1) is 0 Å². The first-order valence-corrected chi connectivity index (χ1v) is 7.85. The Morgan fingerprint density at radius 1 is 1.14 bits per heavy atom. The quantitative estimate of drug-likeness (QED) is 0.941. The van der Waals surface area contributed by atoms with E-state index in [1.807, 2.05) is 43.7 Å². The van der Waals surface area contributed by atoms with E-state index in [4.69, 9.17) is 0 Å². The minimum absolute atomic E-state index is 0.0419. The summed E-state index contributed by atoms with van der Waals surface area (Å²) in [7, 11) is 1.98. The van der Waals surface area contributed by atoms with Gasteiger partial charge in [0, 0.05) is 42.9 Å². The maximum atomic E-state index is 12.5. The van der Waals surface area contributed by atoms with E-state index in [9.17, 15) is 4.79 Å². The Morgan fingerprint density at radius 2 is 1.86 bits per heavy atom. The zero-order chi connectivity index (χ0) is 15.7. The van der Waals surface area contributed by atoms with Crippen LogP contribution in [0.3, 0.4) is 0 Å². The van der Waals surface area contributed by atoms with E-state index in [0.29, 0.717) is 0 Å². The molecule has 0 saturated carbocycles. The monoisotopic (exact) mass is 297 g/mol. The molecular formula is C18H23N3O. The minimum Gasteiger partial charge on any atom is -0.371 e. The number of rotatable bonds is 3. The molecule has 4 heteroatoms. The first kappa shape index (κ1) is 14.7. The highest BCUT2D eigenvalue weighted by Crippen LogP contribution is 2.24. The average molecular weight is 297 g/mol. The third kappa shape index (κ3) is 2.73. The molecule has 1 aromatic carbocycles. The third-order valence-electron chi connectivity index (χ3n) is 4.60. The average Bonchev–Trinajstić information content (AvgIpc) is 3.12. The maximum Gasteiger partial charge on any atom is 0.257 e. The fraction of sp³-hybridized carbons (Fsp3) is 0.389. The Hall–Kier alpha value is -2.23. The minimum atomic E-state index is -0.0419. The number of nitrogens with zero attached hydrogens (tertiary/aromatic N) is 2. The van der Waals surface area contributed by atoms with Gasteiger partial charge in [0.05, 0.1) is 5.56 Å². The Bertz CT molecular complexity index is 696. The molecule has 116 valence electrons. The van der Waals surface area contributed by atoms with Crippen molar-refractivity contribution < 1.29 is 4.79 Å². The van der Waals surface area contributed by atoms with Crippen molar-refractivity contribution in [1.82, 2.24) is 4.57 Å². The van der Waals surface area contributed by atoms with Gasteiger partial charge in [0.1, 0.15) is 0 Å². The molecule has 1 aliphatic rings. The molecule has 1 amide bonds. The van der Waals surface area contributed by atoms with Crippen molar-refractivity contribution in [3.63, 3.8) is 0 Å². The number of amides is 1. The van der Waals surface area contributed by atoms with Crippen LogP contribution in [0.1, 0.15) is 34.6 Å². The number of aryl methyl sites for hydroxylation is 1. The molecule has 1 fully saturated rings. The van der Waals surface area contributed by atoms with Crippen LogP contribution in [0.4, 0.5) is 11.4 Å². The van der Waals surface area contributed by atoms with E-state index in [1.54, 1.807) is 0 Å². The lowest BCUT2D eigenvalue weighted by atomic mass is 10.2. The van der Waals surface area contributed by atoms with E-state index in [1.165, 1.54) is 18.5 Å². The van der Waals surface area contributed by atoms with Crippen LogP contribution in [0.15, 0.2) is 30.3 Å². The molecule has 0 spiro atoms. The molecule has 0 atom stereocenters. The van der Waals surface area contributed by atoms with Crippen LogP contribution >= 0.6 is 0 Å². The summed E-state index contributed by atoms with van der Waals surface area (Å²) in [4.78, 5) is 14.9. The fourth-order valence-electron chi connectivity index (χ4n) is 3.04. The van der Waals surface area contributed by atoms with Gasteiger partial charge in [-0.2, -0.15) is 0 Å². The van der Waals surface area contributed by atoms with Gasteiger partial charge < -0.3 is 14.8 Å². The van der Waals surface area contributed by atoms with Crippen molar-refractivity contribution in [2.45, 2.75) is 26.7 Å². The van der Waals surface area contributed by atoms with Crippen molar-refractivity contribution in [3.05, 3.63) is 47.3 Å². The molecule has 1 saturated heterocycles. The van der Waals surface area contributed by atoms with Crippen LogP contribution in [-0.2, 0) is 7.05 Å². The van der Waals surface area contributed by atoms with Crippen LogP contribution in [0.25, 0.3) is 0 Å². The molecule has 3 rings (SSSR count). The number of benzene rings is 1. The lowest BCUT2D eigenvalue weighted by molar-refractivity contribution is 0.102. The van der Waals surface area contributed by atoms with Crippen LogP contribution in [0.2, 0.25) is 0 Å². The summed E-state index contributed by atoms with van der Waals surface area (Å²) in [5.41, 5.74) is 4.87. The smallest absolute Gasteiger partial charge is 0.257 e. The van der Waals surface area contributed by atoms with Gasteiger partial charge >= 0.3 is 0 Å². The Labute approximate surface area is 131 Å². The molecule has 0 bridgehead atoms. The van der Waals surface area contributed by atoms with Gasteiger partial charge in [-0.25, -0.2) is 0 Å². The Balaban J connectivity index is 1.79. The summed E-state index contributed by atoms with van der Waals surface area (Å²) in [5.74, 6) is -0.0419. The van der Waals surface area contributed by atoms with E-state index in [0.717, 1.165) is 35.7 Å². The first-order valence-electron chi connectivity index (χ1n) is 7.85. The standard InChI is InChI=1S/C18H23N3O/c1-13-11-17(14(2)20(13)3)18(22)19-15-7-6-8-16(12-15)21-9-4-5-10-21/h6-8,11-12H,4-5,9-10H2,1-3H3,(H,19,22). The molecule has 0 unspecified atom stereocenters. The zero-order valence-electron chi connectivity index (χ0n) is 13.5. The second kappa shape index (κ2) is 5.87. The number of carbonyl (C=O) groups is 1. The van der Waals surface area contributed by atoms with E-state index in [-0.39, 0.29) is 5.91 Å². The van der Waals surface area contributed by atoms with Crippen molar-refractivity contribution in [2.24, 2.45) is 7.05 Å². The maximum absolute atomic E-state index is 12.5. The summed E-state index contributed by atoms with van der Waals surface area (Å²) in [6.45, 7) is 6.20. The van der Waals surface area contributed by atoms with Gasteiger partial charge in [0.15, 0.2) is 0 Å². The highest BCUT2D eigenvalue weighted by Gasteiger charge is 2.16. The van der Waals surface area contributed by atoms with Gasteiger partial charge in [0.2, 0.25) is 0 Å². The summed E-state index contributed by atoms with van der Waals surface area (Å²) in [6, 6.07) is 10.1. The molecule has 0 aliphatic carbocycles. The van der Waals surface area contributed by atoms with Crippen molar-refractivity contribution in [3.8, 4) is 0 Å². The highest BCUT2D eigenvalue weighted by molar-refractivity contribution is 6.05. The number of carbonyl (C=O) groups excluding carboxylic acids is 1. The lowest BCUT2D eigenvalue weighted by Crippen LogP contribution is -2.18. The van der Waals surface area contributed by atoms with Crippen LogP contribution in [-0.4, -0.2) is 23.6 Å². The van der Waals surface area contributed by atoms with E-state index in [2.05, 4.69) is 22.3 Å². The Morgan fingerprint density at radius 3 is 2.50 bits per heavy atom. The molecule has 1 aliphatic heterocycles. The molecule has 0 radical (unpaired) electrons. The van der Waals surface area contributed by atoms with Crippen molar-refractivity contribution >= 4 is 17.3 Å². The molecule has 22 heavy (non-hydrogen) atoms. The van der Waals surface area contributed by atoms with E-state index < -0.39 is 0 Å². The SMILES string of the molecule is Cc1cc(C(=O)Nc2cccc(N3CCCC3)c2)c(C)n1C. The molecule has 1 aromatic heterocycles. The van der Waals surface area contributed by atoms with Gasteiger partial charge in [-0.3, -0.25) is 4.79 Å². The lowest BCUT2D eigenvalue weighted by Gasteiger charge is -2.18. The predicted molar refractivity (Wildman–Crippen MR) is 90.7 cm³/mol. The van der Waals surface area contributed by atoms with Crippen molar-refractivity contribution in [1.29, 1.82) is 0 Å². The normalized spacial score (nSPS) is 14.4. The number of hydrogen-bond acceptors (Lipinski definition) is 2. The number of hydrogen-bond donors (Lipinski definition) is 1. The summed E-state index contributed by atoms with van der Waals surface area (Å²) < 4.78 is 2.04. The second-order valence-electron chi connectivity index (χ2n) is 6.04. The number of anilines is 2. The molecule has 2 heterocycles. The summed E-state index contributed by atoms with van der Waals surface area (Å²) in [5, 5.41) is 3.02. The number of nitrogens with one attached hydrogen (secondary N) is 1. The molecular weight excluding hydrogens is 274 g/mol. The summed E-state index contributed by atoms with van der Waals surface area (Å²) >= 11 is 0. The fourth-order valence-corrected chi connectivity index (χ4v) is 3.04. The largest absolute Gasteiger partial charge is 0.371 e. The van der Waals surface area contributed by atoms with Crippen molar-refractivity contribution in [2.75, 3.05) is 23.3 Å². The Kier molecular flexibility index (Phi) is 3.92. The van der Waals surface area contributed by atoms with Crippen LogP contribution < -0.4 is 10.2 Å². The molecule has 2 aromatic rings. The van der Waals surface area contributed by atoms with Gasteiger partial charge in [-0.05, 0) is 51.0 Å². The third-order valence-corrected chi connectivity index (χ3v) is 4.60. The summed E-state index contributed by atoms with van der Waals surface area (Å²) in [6.07, 6.45) is 2.50. The van der Waals surface area contributed by atoms with Crippen LogP contribution in [0, 0.1) is 13.8 Å². The van der Waals surface area contributed by atoms with Gasteiger partial charge in [-0.1, -0.05) is 6.07 Å². The first-order chi connectivity index (χ1) is 10.6. The van der Waals surface area contributed by atoms with E-state index >= 15 is 0 Å². The topological polar surface area (TPSA) is 37.3 Å². The predicted octanol–water partition coefficient (Wildman–Crippen LogP) is 3.49.